The van der Waals surface area contributed by atoms with Crippen molar-refractivity contribution in [3.8, 4) is 0 Å². The Labute approximate surface area is 192 Å². The van der Waals surface area contributed by atoms with E-state index in [0.29, 0.717) is 23.6 Å². The molecule has 2 rings (SSSR count). The maximum Gasteiger partial charge on any atom is 0.333 e. The van der Waals surface area contributed by atoms with Gasteiger partial charge in [-0.3, -0.25) is 0 Å². The maximum absolute atomic E-state index is 12.5. The van der Waals surface area contributed by atoms with Crippen LogP contribution < -0.4 is 4.90 Å². The van der Waals surface area contributed by atoms with Crippen LogP contribution in [0.3, 0.4) is 0 Å². The third kappa shape index (κ3) is 7.68. The molecule has 0 saturated heterocycles. The van der Waals surface area contributed by atoms with Crippen molar-refractivity contribution in [2.24, 2.45) is 5.92 Å². The van der Waals surface area contributed by atoms with Gasteiger partial charge in [0.05, 0.1) is 17.2 Å². The van der Waals surface area contributed by atoms with Gasteiger partial charge in [-0.1, -0.05) is 63.3 Å². The molecule has 1 atom stereocenters. The Morgan fingerprint density at radius 2 is 1.59 bits per heavy atom. The highest BCUT2D eigenvalue weighted by atomic mass is 32.2. The van der Waals surface area contributed by atoms with Crippen LogP contribution in [0.25, 0.3) is 12.2 Å². The molecule has 0 fully saturated rings. The third-order valence-electron chi connectivity index (χ3n) is 5.25. The molecule has 172 valence electrons. The molecule has 0 N–H and O–H groups in total. The van der Waals surface area contributed by atoms with E-state index in [0.717, 1.165) is 23.2 Å². The zero-order valence-corrected chi connectivity index (χ0v) is 20.2. The molecule has 6 heteroatoms. The number of rotatable bonds is 11. The summed E-state index contributed by atoms with van der Waals surface area (Å²) < 4.78 is 30.0. The highest BCUT2D eigenvalue weighted by Gasteiger charge is 2.17. The van der Waals surface area contributed by atoms with Crippen LogP contribution in [-0.4, -0.2) is 40.3 Å². The summed E-state index contributed by atoms with van der Waals surface area (Å²) in [7, 11) is -1.30. The summed E-state index contributed by atoms with van der Waals surface area (Å²) in [4.78, 5) is 13.8. The molecule has 0 aromatic heterocycles. The highest BCUT2D eigenvalue weighted by molar-refractivity contribution is 7.91. The van der Waals surface area contributed by atoms with E-state index >= 15 is 0 Å². The fraction of sp³-hybridized carbons (Fsp3) is 0.346. The van der Waals surface area contributed by atoms with Crippen LogP contribution >= 0.6 is 0 Å². The van der Waals surface area contributed by atoms with Crippen molar-refractivity contribution in [2.45, 2.75) is 32.1 Å². The summed E-state index contributed by atoms with van der Waals surface area (Å²) in [5.41, 5.74) is 3.38. The largest absolute Gasteiger partial charge is 0.460 e. The van der Waals surface area contributed by atoms with E-state index in [1.807, 2.05) is 74.3 Å². The highest BCUT2D eigenvalue weighted by Crippen LogP contribution is 2.19. The van der Waals surface area contributed by atoms with Gasteiger partial charge >= 0.3 is 5.97 Å². The minimum absolute atomic E-state index is 0.146. The number of esters is 1. The standard InChI is InChI=1S/C26H33NO4S/c1-6-21(4)19-32(29,30)25-15-11-23(12-16-25)8-7-22-9-13-24(14-10-22)27(5)17-18-31-26(28)20(2)3/h7-16,21H,2,6,17-19H2,1,3-5H3/b8-7+. The second kappa shape index (κ2) is 11.7. The van der Waals surface area contributed by atoms with Crippen LogP contribution in [0.2, 0.25) is 0 Å². The van der Waals surface area contributed by atoms with Gasteiger partial charge in [0.15, 0.2) is 9.84 Å². The Kier molecular flexibility index (Phi) is 9.27. The second-order valence-corrected chi connectivity index (χ2v) is 10.2. The van der Waals surface area contributed by atoms with E-state index < -0.39 is 9.84 Å². The molecule has 5 nitrogen and oxygen atoms in total. The molecule has 0 saturated carbocycles. The molecule has 0 spiro atoms. The summed E-state index contributed by atoms with van der Waals surface area (Å²) in [5.74, 6) is -0.0523. The third-order valence-corrected chi connectivity index (χ3v) is 7.25. The Morgan fingerprint density at radius 3 is 2.09 bits per heavy atom. The van der Waals surface area contributed by atoms with Crippen LogP contribution in [0.4, 0.5) is 5.69 Å². The number of benzene rings is 2. The SMILES string of the molecule is C=C(C)C(=O)OCCN(C)c1ccc(/C=C/c2ccc(S(=O)(=O)CC(C)CC)cc2)cc1. The number of anilines is 1. The van der Waals surface area contributed by atoms with E-state index in [-0.39, 0.29) is 17.6 Å². The average Bonchev–Trinajstić information content (AvgIpc) is 2.77. The first kappa shape index (κ1) is 25.4. The zero-order valence-electron chi connectivity index (χ0n) is 19.4. The first-order chi connectivity index (χ1) is 15.1. The summed E-state index contributed by atoms with van der Waals surface area (Å²) in [5, 5.41) is 0. The lowest BCUT2D eigenvalue weighted by Gasteiger charge is -2.19. The quantitative estimate of drug-likeness (QED) is 0.264. The topological polar surface area (TPSA) is 63.7 Å². The number of sulfone groups is 1. The van der Waals surface area contributed by atoms with Gasteiger partial charge in [0.1, 0.15) is 6.61 Å². The lowest BCUT2D eigenvalue weighted by Crippen LogP contribution is -2.23. The second-order valence-electron chi connectivity index (χ2n) is 8.13. The van der Waals surface area contributed by atoms with Crippen LogP contribution in [0.15, 0.2) is 65.6 Å². The maximum atomic E-state index is 12.5. The van der Waals surface area contributed by atoms with E-state index in [9.17, 15) is 13.2 Å². The summed E-state index contributed by atoms with van der Waals surface area (Å²) in [6, 6.07) is 15.0. The predicted molar refractivity (Wildman–Crippen MR) is 132 cm³/mol. The van der Waals surface area contributed by atoms with Crippen LogP contribution in [-0.2, 0) is 19.4 Å². The number of carbonyl (C=O) groups is 1. The summed E-state index contributed by atoms with van der Waals surface area (Å²) in [6.07, 6.45) is 4.79. The van der Waals surface area contributed by atoms with Crippen molar-refractivity contribution in [3.05, 3.63) is 71.8 Å². The van der Waals surface area contributed by atoms with Gasteiger partial charge in [-0.05, 0) is 48.2 Å². The molecule has 0 amide bonds. The Bertz CT molecular complexity index is 1040. The first-order valence-electron chi connectivity index (χ1n) is 10.8. The molecule has 0 aliphatic heterocycles. The average molecular weight is 456 g/mol. The van der Waals surface area contributed by atoms with E-state index in [2.05, 4.69) is 6.58 Å². The van der Waals surface area contributed by atoms with Crippen molar-refractivity contribution in [3.63, 3.8) is 0 Å². The van der Waals surface area contributed by atoms with E-state index in [1.54, 1.807) is 19.1 Å². The molecule has 0 aliphatic rings. The first-order valence-corrected chi connectivity index (χ1v) is 12.4. The Hall–Kier alpha value is -2.86. The van der Waals surface area contributed by atoms with Crippen LogP contribution in [0, 0.1) is 5.92 Å². The lowest BCUT2D eigenvalue weighted by atomic mass is 10.1. The lowest BCUT2D eigenvalue weighted by molar-refractivity contribution is -0.138. The molecule has 2 aromatic carbocycles. The number of ether oxygens (including phenoxy) is 1. The molecule has 2 aromatic rings. The van der Waals surface area contributed by atoms with Crippen LogP contribution in [0.5, 0.6) is 0 Å². The van der Waals surface area contributed by atoms with Gasteiger partial charge in [0.25, 0.3) is 0 Å². The molecule has 0 bridgehead atoms. The van der Waals surface area contributed by atoms with Gasteiger partial charge in [-0.2, -0.15) is 0 Å². The molecule has 0 radical (unpaired) electrons. The van der Waals surface area contributed by atoms with Gasteiger partial charge < -0.3 is 9.64 Å². The minimum Gasteiger partial charge on any atom is -0.460 e. The van der Waals surface area contributed by atoms with E-state index in [1.165, 1.54) is 0 Å². The number of likely N-dealkylation sites (N-methyl/N-ethyl adjacent to an activating group) is 1. The molecule has 32 heavy (non-hydrogen) atoms. The molecule has 1 unspecified atom stereocenters. The van der Waals surface area contributed by atoms with Crippen molar-refractivity contribution in [2.75, 3.05) is 30.9 Å². The van der Waals surface area contributed by atoms with Gasteiger partial charge in [-0.15, -0.1) is 0 Å². The zero-order chi connectivity index (χ0) is 23.7. The molecule has 0 heterocycles. The number of hydrogen-bond donors (Lipinski definition) is 0. The molecule has 0 aliphatic carbocycles. The summed E-state index contributed by atoms with van der Waals surface area (Å²) >= 11 is 0. The number of carbonyl (C=O) groups excluding carboxylic acids is 1. The normalized spacial score (nSPS) is 12.5. The van der Waals surface area contributed by atoms with Crippen LogP contribution in [0.1, 0.15) is 38.3 Å². The Morgan fingerprint density at radius 1 is 1.06 bits per heavy atom. The number of hydrogen-bond acceptors (Lipinski definition) is 5. The van der Waals surface area contributed by atoms with Crippen molar-refractivity contribution < 1.29 is 17.9 Å². The van der Waals surface area contributed by atoms with Gasteiger partial charge in [-0.25, -0.2) is 13.2 Å². The van der Waals surface area contributed by atoms with Crippen molar-refractivity contribution in [1.29, 1.82) is 0 Å². The van der Waals surface area contributed by atoms with Crippen molar-refractivity contribution >= 4 is 33.6 Å². The summed E-state index contributed by atoms with van der Waals surface area (Å²) in [6.45, 7) is 10.0. The smallest absolute Gasteiger partial charge is 0.333 e. The Balaban J connectivity index is 1.95. The minimum atomic E-state index is -3.25. The monoisotopic (exact) mass is 455 g/mol. The molecular weight excluding hydrogens is 422 g/mol. The molecular formula is C26H33NO4S. The van der Waals surface area contributed by atoms with Gasteiger partial charge in [0.2, 0.25) is 0 Å². The fourth-order valence-corrected chi connectivity index (χ4v) is 4.66. The van der Waals surface area contributed by atoms with E-state index in [4.69, 9.17) is 4.74 Å². The fourth-order valence-electron chi connectivity index (χ4n) is 2.93. The number of nitrogens with zero attached hydrogens (tertiary/aromatic N) is 1. The van der Waals surface area contributed by atoms with Gasteiger partial charge in [0, 0.05) is 18.3 Å². The van der Waals surface area contributed by atoms with Crippen molar-refractivity contribution in [1.82, 2.24) is 0 Å². The predicted octanol–water partition coefficient (Wildman–Crippen LogP) is 5.23.